The van der Waals surface area contributed by atoms with Crippen LogP contribution in [-0.4, -0.2) is 91.1 Å². The molecule has 0 aromatic heterocycles. The third-order valence-corrected chi connectivity index (χ3v) is 12.1. The van der Waals surface area contributed by atoms with Gasteiger partial charge in [0.15, 0.2) is 0 Å². The molecule has 1 aliphatic heterocycles. The third-order valence-electron chi connectivity index (χ3n) is 12.1. The van der Waals surface area contributed by atoms with Crippen molar-refractivity contribution in [3.63, 3.8) is 0 Å². The van der Waals surface area contributed by atoms with Gasteiger partial charge in [-0.3, -0.25) is 4.90 Å². The minimum atomic E-state index is -1.37. The largest absolute Gasteiger partial charge is 0.497 e. The Morgan fingerprint density at radius 2 is 1.69 bits per heavy atom. The topological polar surface area (TPSA) is 97.7 Å². The summed E-state index contributed by atoms with van der Waals surface area (Å²) in [6.45, 7) is 4.23. The van der Waals surface area contributed by atoms with Crippen molar-refractivity contribution in [3.05, 3.63) is 29.8 Å². The van der Waals surface area contributed by atoms with Gasteiger partial charge in [0, 0.05) is 50.5 Å². The Kier molecular flexibility index (Phi) is 6.61. The molecule has 8 nitrogen and oxygen atoms in total. The first-order valence-corrected chi connectivity index (χ1v) is 14.4. The Balaban J connectivity index is 0.00000277. The maximum absolute atomic E-state index is 13.5. The summed E-state index contributed by atoms with van der Waals surface area (Å²) < 4.78 is 23.7. The predicted molar refractivity (Wildman–Crippen MR) is 145 cm³/mol. The average Bonchev–Trinajstić information content (AvgIpc) is 3.31. The molecule has 7 bridgehead atoms. The lowest BCUT2D eigenvalue weighted by Crippen LogP contribution is -2.75. The van der Waals surface area contributed by atoms with Gasteiger partial charge in [-0.05, 0) is 74.2 Å². The molecule has 7 rings (SSSR count). The number of nitrogens with zero attached hydrogens (tertiary/aromatic N) is 1. The highest BCUT2D eigenvalue weighted by molar-refractivity contribution is 5.89. The predicted octanol–water partition coefficient (Wildman–Crippen LogP) is 2.92. The second-order valence-corrected chi connectivity index (χ2v) is 12.8. The molecular formula is C30H42ClNO7. The van der Waals surface area contributed by atoms with E-state index in [2.05, 4.69) is 11.8 Å². The lowest BCUT2D eigenvalue weighted by molar-refractivity contribution is -0.271. The highest BCUT2D eigenvalue weighted by Crippen LogP contribution is 2.77. The number of aliphatic hydroxyl groups is 2. The number of carbonyl (C=O) groups excluding carboxylic acids is 1. The fourth-order valence-electron chi connectivity index (χ4n) is 11.0. The molecule has 39 heavy (non-hydrogen) atoms. The van der Waals surface area contributed by atoms with Crippen molar-refractivity contribution >= 4 is 18.4 Å². The number of ether oxygens (including phenoxy) is 4. The van der Waals surface area contributed by atoms with E-state index in [1.54, 1.807) is 38.5 Å². The molecule has 1 aromatic rings. The van der Waals surface area contributed by atoms with Crippen LogP contribution in [0.3, 0.4) is 0 Å². The number of halogens is 1. The van der Waals surface area contributed by atoms with Crippen molar-refractivity contribution < 1.29 is 34.0 Å². The van der Waals surface area contributed by atoms with Crippen molar-refractivity contribution in [1.82, 2.24) is 4.90 Å². The molecule has 5 saturated carbocycles. The molecule has 0 radical (unpaired) electrons. The second kappa shape index (κ2) is 9.30. The van der Waals surface area contributed by atoms with E-state index in [0.29, 0.717) is 36.0 Å². The smallest absolute Gasteiger partial charge is 0.338 e. The van der Waals surface area contributed by atoms with Gasteiger partial charge in [0.25, 0.3) is 0 Å². The second-order valence-electron chi connectivity index (χ2n) is 12.8. The van der Waals surface area contributed by atoms with Crippen LogP contribution in [0, 0.1) is 35.0 Å². The van der Waals surface area contributed by atoms with Crippen LogP contribution in [0.5, 0.6) is 5.75 Å². The summed E-state index contributed by atoms with van der Waals surface area (Å²) in [7, 11) is 5.01. The molecule has 5 aliphatic carbocycles. The Morgan fingerprint density at radius 1 is 0.974 bits per heavy atom. The van der Waals surface area contributed by atoms with Crippen molar-refractivity contribution in [1.29, 1.82) is 0 Å². The van der Waals surface area contributed by atoms with E-state index < -0.39 is 29.4 Å². The maximum Gasteiger partial charge on any atom is 0.338 e. The molecular weight excluding hydrogens is 522 g/mol. The summed E-state index contributed by atoms with van der Waals surface area (Å²) >= 11 is 0. The first kappa shape index (κ1) is 27.7. The standard InChI is InChI=1S/C30H41NO7.ClH/c1-5-31-15-17-8-11-22(36-3)30-19(17)12-20(25(30)31)28(33)14-23(37-4)29(34)13-21(30)24(28)26(29)38-27(32)16-6-9-18(35-2)10-7-16;/h6-7,9-10,17,19-26,33-34H,5,8,11-15H2,1-4H3;1H/t17?,19?,20?,21?,22?,23-,24?,25?,26?,28-,29-,30-;/m0./s1. The van der Waals surface area contributed by atoms with Gasteiger partial charge in [0.2, 0.25) is 0 Å². The Bertz CT molecular complexity index is 1120. The molecule has 1 aromatic carbocycles. The number of rotatable bonds is 6. The number of benzene rings is 1. The van der Waals surface area contributed by atoms with Gasteiger partial charge in [0.05, 0.1) is 30.5 Å². The third kappa shape index (κ3) is 3.27. The lowest BCUT2D eigenvalue weighted by atomic mass is 9.46. The zero-order valence-corrected chi connectivity index (χ0v) is 24.1. The zero-order valence-electron chi connectivity index (χ0n) is 23.2. The van der Waals surface area contributed by atoms with Crippen LogP contribution in [-0.2, 0) is 14.2 Å². The van der Waals surface area contributed by atoms with Gasteiger partial charge in [-0.1, -0.05) is 6.92 Å². The molecule has 1 spiro atoms. The monoisotopic (exact) mass is 563 g/mol. The highest BCUT2D eigenvalue weighted by Gasteiger charge is 2.84. The van der Waals surface area contributed by atoms with Crippen LogP contribution in [0.4, 0.5) is 0 Å². The van der Waals surface area contributed by atoms with Crippen molar-refractivity contribution in [2.24, 2.45) is 35.0 Å². The van der Waals surface area contributed by atoms with Crippen LogP contribution < -0.4 is 4.74 Å². The van der Waals surface area contributed by atoms with Crippen LogP contribution in [0.15, 0.2) is 24.3 Å². The summed E-state index contributed by atoms with van der Waals surface area (Å²) in [4.78, 5) is 16.1. The molecule has 216 valence electrons. The number of methoxy groups -OCH3 is 3. The summed E-state index contributed by atoms with van der Waals surface area (Å²) in [5, 5.41) is 25.1. The van der Waals surface area contributed by atoms with Gasteiger partial charge in [-0.25, -0.2) is 4.79 Å². The number of carbonyl (C=O) groups is 1. The molecule has 1 saturated heterocycles. The first-order valence-electron chi connectivity index (χ1n) is 14.4. The highest BCUT2D eigenvalue weighted by atomic mass is 35.5. The van der Waals surface area contributed by atoms with Gasteiger partial charge in [-0.15, -0.1) is 12.4 Å². The Morgan fingerprint density at radius 3 is 2.33 bits per heavy atom. The van der Waals surface area contributed by atoms with Crippen molar-refractivity contribution in [3.8, 4) is 5.75 Å². The number of hydrogen-bond acceptors (Lipinski definition) is 8. The van der Waals surface area contributed by atoms with E-state index in [1.807, 2.05) is 7.11 Å². The van der Waals surface area contributed by atoms with Gasteiger partial charge >= 0.3 is 5.97 Å². The van der Waals surface area contributed by atoms with E-state index in [0.717, 1.165) is 32.4 Å². The molecule has 6 aliphatic rings. The van der Waals surface area contributed by atoms with E-state index >= 15 is 0 Å². The van der Waals surface area contributed by atoms with Crippen molar-refractivity contribution in [2.75, 3.05) is 34.4 Å². The van der Waals surface area contributed by atoms with E-state index in [1.165, 1.54) is 0 Å². The minimum absolute atomic E-state index is 0. The average molecular weight is 564 g/mol. The minimum Gasteiger partial charge on any atom is -0.497 e. The van der Waals surface area contributed by atoms with Crippen LogP contribution >= 0.6 is 12.4 Å². The van der Waals surface area contributed by atoms with Crippen LogP contribution in [0.2, 0.25) is 0 Å². The van der Waals surface area contributed by atoms with E-state index in [9.17, 15) is 15.0 Å². The van der Waals surface area contributed by atoms with Crippen LogP contribution in [0.25, 0.3) is 0 Å². The Labute approximate surface area is 236 Å². The summed E-state index contributed by atoms with van der Waals surface area (Å²) in [5.41, 5.74) is -2.24. The molecule has 12 atom stereocenters. The maximum atomic E-state index is 13.5. The molecule has 6 fully saturated rings. The zero-order chi connectivity index (χ0) is 26.6. The molecule has 1 heterocycles. The van der Waals surface area contributed by atoms with E-state index in [-0.39, 0.29) is 47.7 Å². The SMILES string of the molecule is CCN1CC2CCC(OC)[C@@]34C2CC(C13)[C@@]1(O)C[C@H](OC)[C@@]2(O)CC4C1C2OC(=O)c1ccc(OC)cc1.Cl. The number of likely N-dealkylation sites (tertiary alicyclic amines) is 1. The molecule has 9 heteroatoms. The fraction of sp³-hybridized carbons (Fsp3) is 0.767. The number of hydrogen-bond donors (Lipinski definition) is 2. The van der Waals surface area contributed by atoms with Gasteiger partial charge < -0.3 is 29.2 Å². The normalized spacial score (nSPS) is 48.8. The molecule has 0 amide bonds. The molecule has 2 N–H and O–H groups in total. The quantitative estimate of drug-likeness (QED) is 0.510. The van der Waals surface area contributed by atoms with E-state index in [4.69, 9.17) is 18.9 Å². The fourth-order valence-corrected chi connectivity index (χ4v) is 11.0. The number of esters is 1. The number of fused-ring (bicyclic) bond motifs is 2. The Hall–Kier alpha value is -1.42. The van der Waals surface area contributed by atoms with Crippen molar-refractivity contribution in [2.45, 2.75) is 74.6 Å². The molecule has 8 unspecified atom stereocenters. The van der Waals surface area contributed by atoms with Gasteiger partial charge in [-0.2, -0.15) is 0 Å². The lowest BCUT2D eigenvalue weighted by Gasteiger charge is -2.67. The summed E-state index contributed by atoms with van der Waals surface area (Å²) in [5.74, 6) is 0.810. The first-order chi connectivity index (χ1) is 18.3. The van der Waals surface area contributed by atoms with Gasteiger partial charge in [0.1, 0.15) is 17.5 Å². The summed E-state index contributed by atoms with van der Waals surface area (Å²) in [6.07, 6.45) is 2.50. The summed E-state index contributed by atoms with van der Waals surface area (Å²) in [6, 6.07) is 7.01. The number of piperidine rings is 1. The van der Waals surface area contributed by atoms with Crippen LogP contribution in [0.1, 0.15) is 49.4 Å².